The van der Waals surface area contributed by atoms with Crippen molar-refractivity contribution in [2.24, 2.45) is 0 Å². The van der Waals surface area contributed by atoms with Crippen molar-refractivity contribution in [3.8, 4) is 12.0 Å². The standard InChI is InChI=1S/C23H25N5O4S/c1-3-26-12-14-28(15-13-26)33(30,31)19-8-6-18(7-9-19)25-22(29)21-17(2)32-23(20(21)16-24)27-10-4-5-11-27/h4-11H,3,12-15H2,1-2H3,(H,25,29). The summed E-state index contributed by atoms with van der Waals surface area (Å²) in [6, 6.07) is 11.7. The first-order valence-corrected chi connectivity index (χ1v) is 12.1. The lowest BCUT2D eigenvalue weighted by molar-refractivity contribution is 0.102. The number of sulfonamides is 1. The highest BCUT2D eigenvalue weighted by Gasteiger charge is 2.28. The second-order valence-electron chi connectivity index (χ2n) is 7.73. The number of nitrogens with one attached hydrogen (secondary N) is 1. The van der Waals surface area contributed by atoms with Gasteiger partial charge in [-0.2, -0.15) is 9.57 Å². The van der Waals surface area contributed by atoms with E-state index in [0.717, 1.165) is 6.54 Å². The summed E-state index contributed by atoms with van der Waals surface area (Å²) in [4.78, 5) is 15.3. The summed E-state index contributed by atoms with van der Waals surface area (Å²) in [5, 5.41) is 12.4. The van der Waals surface area contributed by atoms with Crippen molar-refractivity contribution >= 4 is 21.6 Å². The van der Waals surface area contributed by atoms with Crippen LogP contribution in [0.5, 0.6) is 0 Å². The average Bonchev–Trinajstić information content (AvgIpc) is 3.47. The molecule has 1 fully saturated rings. The van der Waals surface area contributed by atoms with E-state index in [1.54, 1.807) is 48.1 Å². The molecule has 1 aromatic carbocycles. The van der Waals surface area contributed by atoms with Crippen LogP contribution in [0.2, 0.25) is 0 Å². The maximum atomic E-state index is 12.9. The minimum Gasteiger partial charge on any atom is -0.443 e. The van der Waals surface area contributed by atoms with E-state index in [2.05, 4.69) is 17.1 Å². The molecule has 1 aliphatic rings. The number of rotatable bonds is 6. The lowest BCUT2D eigenvalue weighted by atomic mass is 10.1. The zero-order valence-electron chi connectivity index (χ0n) is 18.5. The average molecular weight is 468 g/mol. The van der Waals surface area contributed by atoms with E-state index >= 15 is 0 Å². The zero-order valence-corrected chi connectivity index (χ0v) is 19.3. The molecule has 0 bridgehead atoms. The Bertz CT molecular complexity index is 1280. The number of nitrogens with zero attached hydrogens (tertiary/aromatic N) is 4. The number of anilines is 1. The maximum absolute atomic E-state index is 12.9. The van der Waals surface area contributed by atoms with Crippen LogP contribution in [0.25, 0.3) is 5.88 Å². The smallest absolute Gasteiger partial charge is 0.260 e. The Morgan fingerprint density at radius 2 is 1.76 bits per heavy atom. The highest BCUT2D eigenvalue weighted by molar-refractivity contribution is 7.89. The first-order valence-electron chi connectivity index (χ1n) is 10.7. The Balaban J connectivity index is 1.51. The second-order valence-corrected chi connectivity index (χ2v) is 9.67. The number of carbonyl (C=O) groups excluding carboxylic acids is 1. The van der Waals surface area contributed by atoms with E-state index in [1.807, 2.05) is 6.07 Å². The van der Waals surface area contributed by atoms with Crippen LogP contribution in [0.15, 0.2) is 58.1 Å². The zero-order chi connectivity index (χ0) is 23.6. The molecule has 33 heavy (non-hydrogen) atoms. The monoisotopic (exact) mass is 467 g/mol. The van der Waals surface area contributed by atoms with Gasteiger partial charge >= 0.3 is 0 Å². The topological polar surface area (TPSA) is 112 Å². The molecule has 0 spiro atoms. The van der Waals surface area contributed by atoms with Crippen LogP contribution in [0.1, 0.15) is 28.6 Å². The SMILES string of the molecule is CCN1CCN(S(=O)(=O)c2ccc(NC(=O)c3c(C)oc(-n4cccc4)c3C#N)cc2)CC1. The number of nitriles is 1. The van der Waals surface area contributed by atoms with Crippen LogP contribution < -0.4 is 5.32 Å². The number of likely N-dealkylation sites (N-methyl/N-ethyl adjacent to an activating group) is 1. The quantitative estimate of drug-likeness (QED) is 0.597. The molecule has 4 rings (SSSR count). The molecule has 172 valence electrons. The van der Waals surface area contributed by atoms with Crippen LogP contribution in [-0.2, 0) is 10.0 Å². The first kappa shape index (κ1) is 22.8. The molecule has 1 N–H and O–H groups in total. The second kappa shape index (κ2) is 9.23. The van der Waals surface area contributed by atoms with Crippen molar-refractivity contribution in [3.05, 3.63) is 65.7 Å². The lowest BCUT2D eigenvalue weighted by Gasteiger charge is -2.33. The van der Waals surface area contributed by atoms with Gasteiger partial charge in [-0.05, 0) is 49.9 Å². The minimum absolute atomic E-state index is 0.131. The molecule has 10 heteroatoms. The number of hydrogen-bond donors (Lipinski definition) is 1. The summed E-state index contributed by atoms with van der Waals surface area (Å²) in [5.74, 6) is 0.0884. The fraction of sp³-hybridized carbons (Fsp3) is 0.304. The van der Waals surface area contributed by atoms with Crippen molar-refractivity contribution < 1.29 is 17.6 Å². The van der Waals surface area contributed by atoms with Crippen LogP contribution in [0.4, 0.5) is 5.69 Å². The molecule has 0 atom stereocenters. The van der Waals surface area contributed by atoms with Gasteiger partial charge in [-0.25, -0.2) is 8.42 Å². The van der Waals surface area contributed by atoms with E-state index in [0.29, 0.717) is 37.6 Å². The largest absolute Gasteiger partial charge is 0.443 e. The van der Waals surface area contributed by atoms with E-state index in [9.17, 15) is 18.5 Å². The minimum atomic E-state index is -3.60. The normalized spacial score (nSPS) is 15.3. The van der Waals surface area contributed by atoms with Gasteiger partial charge in [-0.15, -0.1) is 0 Å². The number of carbonyl (C=O) groups is 1. The summed E-state index contributed by atoms with van der Waals surface area (Å²) in [7, 11) is -3.60. The van der Waals surface area contributed by atoms with Crippen molar-refractivity contribution in [1.29, 1.82) is 5.26 Å². The molecule has 2 aromatic heterocycles. The van der Waals surface area contributed by atoms with E-state index in [1.165, 1.54) is 16.4 Å². The lowest BCUT2D eigenvalue weighted by Crippen LogP contribution is -2.48. The molecule has 3 heterocycles. The summed E-state index contributed by atoms with van der Waals surface area (Å²) < 4.78 is 34.7. The van der Waals surface area contributed by atoms with Gasteiger partial charge < -0.3 is 14.6 Å². The van der Waals surface area contributed by atoms with Gasteiger partial charge in [0.05, 0.1) is 4.90 Å². The fourth-order valence-electron chi connectivity index (χ4n) is 3.90. The molecule has 1 aliphatic heterocycles. The highest BCUT2D eigenvalue weighted by atomic mass is 32.2. The summed E-state index contributed by atoms with van der Waals surface area (Å²) in [6.07, 6.45) is 3.45. The maximum Gasteiger partial charge on any atom is 0.260 e. The Kier molecular flexibility index (Phi) is 6.37. The number of benzene rings is 1. The molecular formula is C23H25N5O4S. The molecule has 0 radical (unpaired) electrons. The Morgan fingerprint density at radius 3 is 2.33 bits per heavy atom. The number of amides is 1. The third-order valence-corrected chi connectivity index (χ3v) is 7.68. The van der Waals surface area contributed by atoms with Gasteiger partial charge in [0.2, 0.25) is 15.9 Å². The third kappa shape index (κ3) is 4.43. The van der Waals surface area contributed by atoms with Crippen molar-refractivity contribution in [2.45, 2.75) is 18.7 Å². The predicted octanol–water partition coefficient (Wildman–Crippen LogP) is 2.83. The number of hydrogen-bond acceptors (Lipinski definition) is 6. The van der Waals surface area contributed by atoms with E-state index in [4.69, 9.17) is 4.42 Å². The van der Waals surface area contributed by atoms with Gasteiger partial charge in [-0.1, -0.05) is 6.92 Å². The number of piperazine rings is 1. The van der Waals surface area contributed by atoms with Crippen molar-refractivity contribution in [2.75, 3.05) is 38.0 Å². The summed E-state index contributed by atoms with van der Waals surface area (Å²) >= 11 is 0. The summed E-state index contributed by atoms with van der Waals surface area (Å²) in [6.45, 7) is 6.91. The van der Waals surface area contributed by atoms with Gasteiger partial charge in [0.1, 0.15) is 23.0 Å². The van der Waals surface area contributed by atoms with E-state index < -0.39 is 15.9 Å². The number of furan rings is 1. The Labute approximate surface area is 192 Å². The molecular weight excluding hydrogens is 442 g/mol. The van der Waals surface area contributed by atoms with Gasteiger partial charge in [0, 0.05) is 44.3 Å². The first-order chi connectivity index (χ1) is 15.8. The summed E-state index contributed by atoms with van der Waals surface area (Å²) in [5.41, 5.74) is 0.695. The number of aromatic nitrogens is 1. The van der Waals surface area contributed by atoms with Gasteiger partial charge in [0.15, 0.2) is 0 Å². The van der Waals surface area contributed by atoms with Gasteiger partial charge in [0.25, 0.3) is 5.91 Å². The third-order valence-electron chi connectivity index (χ3n) is 5.77. The Hall–Kier alpha value is -3.39. The van der Waals surface area contributed by atoms with Crippen LogP contribution in [-0.4, -0.2) is 60.8 Å². The molecule has 9 nitrogen and oxygen atoms in total. The molecule has 0 unspecified atom stereocenters. The molecule has 1 amide bonds. The van der Waals surface area contributed by atoms with E-state index in [-0.39, 0.29) is 21.9 Å². The van der Waals surface area contributed by atoms with Crippen LogP contribution in [0, 0.1) is 18.3 Å². The predicted molar refractivity (Wildman–Crippen MR) is 123 cm³/mol. The molecule has 0 saturated carbocycles. The molecule has 1 saturated heterocycles. The molecule has 3 aromatic rings. The van der Waals surface area contributed by atoms with Crippen LogP contribution in [0.3, 0.4) is 0 Å². The Morgan fingerprint density at radius 1 is 1.12 bits per heavy atom. The highest BCUT2D eigenvalue weighted by Crippen LogP contribution is 2.27. The van der Waals surface area contributed by atoms with Gasteiger partial charge in [-0.3, -0.25) is 9.36 Å². The fourth-order valence-corrected chi connectivity index (χ4v) is 5.32. The van der Waals surface area contributed by atoms with Crippen molar-refractivity contribution in [3.63, 3.8) is 0 Å². The molecule has 0 aliphatic carbocycles. The number of aryl methyl sites for hydroxylation is 1. The van der Waals surface area contributed by atoms with Crippen LogP contribution >= 0.6 is 0 Å². The van der Waals surface area contributed by atoms with Crippen molar-refractivity contribution in [1.82, 2.24) is 13.8 Å².